The number of hydrogen-bond donors (Lipinski definition) is 2. The van der Waals surface area contributed by atoms with Crippen LogP contribution in [0.15, 0.2) is 41.2 Å². The number of ether oxygens (including phenoxy) is 2. The van der Waals surface area contributed by atoms with Crippen molar-refractivity contribution in [1.29, 1.82) is 5.26 Å². The molecule has 4 aromatic heterocycles. The summed E-state index contributed by atoms with van der Waals surface area (Å²) in [6.07, 6.45) is 4.96. The first-order valence-electron chi connectivity index (χ1n) is 11.5. The van der Waals surface area contributed by atoms with Gasteiger partial charge in [0.05, 0.1) is 24.3 Å². The molecule has 1 aliphatic heterocycles. The second-order valence-electron chi connectivity index (χ2n) is 8.29. The summed E-state index contributed by atoms with van der Waals surface area (Å²) in [5, 5.41) is 24.0. The fourth-order valence-corrected chi connectivity index (χ4v) is 4.09. The maximum atomic E-state index is 9.43. The lowest BCUT2D eigenvalue weighted by Crippen LogP contribution is -2.25. The summed E-state index contributed by atoms with van der Waals surface area (Å²) in [5.74, 6) is 2.78. The van der Waals surface area contributed by atoms with Crippen LogP contribution < -0.4 is 15.0 Å². The molecule has 12 nitrogen and oxygen atoms in total. The van der Waals surface area contributed by atoms with E-state index in [0.29, 0.717) is 59.3 Å². The minimum absolute atomic E-state index is 0.122. The molecule has 0 saturated carbocycles. The molecule has 5 heterocycles. The molecular formula is C24H25N9O3. The molecule has 1 fully saturated rings. The van der Waals surface area contributed by atoms with Crippen molar-refractivity contribution in [3.63, 3.8) is 0 Å². The van der Waals surface area contributed by atoms with Gasteiger partial charge in [-0.3, -0.25) is 10.1 Å². The predicted molar refractivity (Wildman–Crippen MR) is 130 cm³/mol. The number of rotatable bonds is 9. The highest BCUT2D eigenvalue weighted by molar-refractivity contribution is 5.66. The van der Waals surface area contributed by atoms with Gasteiger partial charge in [-0.25, -0.2) is 0 Å². The van der Waals surface area contributed by atoms with Crippen molar-refractivity contribution in [2.24, 2.45) is 0 Å². The number of pyridine rings is 1. The van der Waals surface area contributed by atoms with Crippen LogP contribution in [-0.2, 0) is 4.74 Å². The first-order chi connectivity index (χ1) is 17.6. The number of aromatic nitrogens is 6. The Labute approximate surface area is 207 Å². The van der Waals surface area contributed by atoms with Crippen LogP contribution in [0, 0.1) is 18.3 Å². The van der Waals surface area contributed by atoms with E-state index in [2.05, 4.69) is 41.6 Å². The van der Waals surface area contributed by atoms with E-state index in [-0.39, 0.29) is 6.04 Å². The molecule has 12 heteroatoms. The van der Waals surface area contributed by atoms with Gasteiger partial charge in [0.1, 0.15) is 18.1 Å². The summed E-state index contributed by atoms with van der Waals surface area (Å²) >= 11 is 0. The zero-order chi connectivity index (χ0) is 24.9. The summed E-state index contributed by atoms with van der Waals surface area (Å²) in [6.45, 7) is 3.45. The highest BCUT2D eigenvalue weighted by atomic mass is 16.5. The molecule has 1 aliphatic rings. The third-order valence-corrected chi connectivity index (χ3v) is 5.77. The number of anilines is 3. The molecule has 0 aromatic carbocycles. The Morgan fingerprint density at radius 2 is 2.17 bits per heavy atom. The van der Waals surface area contributed by atoms with Crippen LogP contribution in [0.2, 0.25) is 0 Å². The molecule has 0 unspecified atom stereocenters. The maximum Gasteiger partial charge on any atom is 0.231 e. The fourth-order valence-electron chi connectivity index (χ4n) is 4.09. The van der Waals surface area contributed by atoms with Crippen molar-refractivity contribution < 1.29 is 14.0 Å². The highest BCUT2D eigenvalue weighted by Gasteiger charge is 2.32. The van der Waals surface area contributed by atoms with Gasteiger partial charge in [-0.05, 0) is 25.8 Å². The lowest BCUT2D eigenvalue weighted by Gasteiger charge is -2.23. The van der Waals surface area contributed by atoms with Gasteiger partial charge in [0.15, 0.2) is 11.6 Å². The molecule has 0 bridgehead atoms. The number of hydrogen-bond acceptors (Lipinski definition) is 11. The van der Waals surface area contributed by atoms with E-state index in [4.69, 9.17) is 19.0 Å². The van der Waals surface area contributed by atoms with E-state index in [1.54, 1.807) is 31.6 Å². The van der Waals surface area contributed by atoms with Crippen molar-refractivity contribution in [2.75, 3.05) is 37.1 Å². The van der Waals surface area contributed by atoms with E-state index in [1.165, 1.54) is 0 Å². The average molecular weight is 488 g/mol. The lowest BCUT2D eigenvalue weighted by molar-refractivity contribution is 0.143. The Hall–Kier alpha value is -4.50. The summed E-state index contributed by atoms with van der Waals surface area (Å²) in [5.41, 5.74) is 2.61. The Balaban J connectivity index is 1.44. The molecule has 0 amide bonds. The monoisotopic (exact) mass is 487 g/mol. The third kappa shape index (κ3) is 4.96. The number of H-pyrrole nitrogens is 1. The minimum Gasteiger partial charge on any atom is -0.475 e. The Bertz CT molecular complexity index is 1380. The number of methoxy groups -OCH3 is 1. The van der Waals surface area contributed by atoms with E-state index in [9.17, 15) is 5.26 Å². The van der Waals surface area contributed by atoms with Gasteiger partial charge >= 0.3 is 0 Å². The van der Waals surface area contributed by atoms with Crippen LogP contribution in [0.3, 0.4) is 0 Å². The topological polar surface area (TPSA) is 151 Å². The van der Waals surface area contributed by atoms with Crippen molar-refractivity contribution in [3.05, 3.63) is 53.7 Å². The molecule has 5 rings (SSSR count). The van der Waals surface area contributed by atoms with Crippen LogP contribution in [0.25, 0.3) is 11.3 Å². The Morgan fingerprint density at radius 3 is 2.97 bits per heavy atom. The molecule has 0 spiro atoms. The first kappa shape index (κ1) is 23.3. The largest absolute Gasteiger partial charge is 0.475 e. The summed E-state index contributed by atoms with van der Waals surface area (Å²) in [6, 6.07) is 9.17. The molecule has 36 heavy (non-hydrogen) atoms. The van der Waals surface area contributed by atoms with Crippen molar-refractivity contribution in [2.45, 2.75) is 25.8 Å². The maximum absolute atomic E-state index is 9.43. The van der Waals surface area contributed by atoms with Gasteiger partial charge in [-0.1, -0.05) is 5.16 Å². The van der Waals surface area contributed by atoms with E-state index < -0.39 is 0 Å². The fraction of sp³-hybridized carbons (Fsp3) is 0.333. The minimum atomic E-state index is -0.122. The van der Waals surface area contributed by atoms with Gasteiger partial charge in [0, 0.05) is 55.5 Å². The van der Waals surface area contributed by atoms with Gasteiger partial charge in [0.25, 0.3) is 0 Å². The predicted octanol–water partition coefficient (Wildman–Crippen LogP) is 3.54. The summed E-state index contributed by atoms with van der Waals surface area (Å²) in [7, 11) is 1.62. The van der Waals surface area contributed by atoms with Gasteiger partial charge < -0.3 is 24.2 Å². The molecule has 0 radical (unpaired) electrons. The molecule has 4 aromatic rings. The standard InChI is InChI=1S/C24H25N9O3/c1-15-10-22(31-30-15)27-21-12-23(35-9-8-34-2)29-24(28-21)33-7-3-4-19(33)20-11-18(32-36-20)17-14-26-6-5-16(17)13-25/h5-6,10-12,14,19H,3-4,7-9H2,1-2H3,(H2,27,28,29,30,31)/t19-/m0/s1. The highest BCUT2D eigenvalue weighted by Crippen LogP contribution is 2.37. The number of aryl methyl sites for hydroxylation is 1. The Morgan fingerprint density at radius 1 is 1.25 bits per heavy atom. The van der Waals surface area contributed by atoms with Gasteiger partial charge in [-0.15, -0.1) is 0 Å². The van der Waals surface area contributed by atoms with Crippen molar-refractivity contribution in [3.8, 4) is 23.2 Å². The molecule has 2 N–H and O–H groups in total. The van der Waals surface area contributed by atoms with Crippen molar-refractivity contribution in [1.82, 2.24) is 30.3 Å². The van der Waals surface area contributed by atoms with E-state index in [0.717, 1.165) is 25.1 Å². The van der Waals surface area contributed by atoms with Gasteiger partial charge in [0.2, 0.25) is 11.8 Å². The SMILES string of the molecule is COCCOc1cc(Nc2cc(C)[nH]n2)nc(N2CCC[C@H]2c2cc(-c3cnccc3C#N)no2)n1. The second-order valence-corrected chi connectivity index (χ2v) is 8.29. The number of nitrogens with zero attached hydrogens (tertiary/aromatic N) is 7. The second kappa shape index (κ2) is 10.4. The normalized spacial score (nSPS) is 15.1. The smallest absolute Gasteiger partial charge is 0.231 e. The van der Waals surface area contributed by atoms with E-state index >= 15 is 0 Å². The van der Waals surface area contributed by atoms with E-state index in [1.807, 2.05) is 19.1 Å². The summed E-state index contributed by atoms with van der Waals surface area (Å²) in [4.78, 5) is 15.6. The molecule has 1 saturated heterocycles. The number of nitriles is 1. The molecule has 1 atom stereocenters. The molecular weight excluding hydrogens is 462 g/mol. The summed E-state index contributed by atoms with van der Waals surface area (Å²) < 4.78 is 16.6. The van der Waals surface area contributed by atoms with Gasteiger partial charge in [-0.2, -0.15) is 20.3 Å². The zero-order valence-electron chi connectivity index (χ0n) is 19.9. The zero-order valence-corrected chi connectivity index (χ0v) is 19.9. The van der Waals surface area contributed by atoms with Crippen molar-refractivity contribution >= 4 is 17.6 Å². The molecule has 0 aliphatic carbocycles. The quantitative estimate of drug-likeness (QED) is 0.334. The molecule has 184 valence electrons. The van der Waals surface area contributed by atoms with Crippen LogP contribution in [-0.4, -0.2) is 57.2 Å². The lowest BCUT2D eigenvalue weighted by atomic mass is 10.1. The van der Waals surface area contributed by atoms with Crippen LogP contribution in [0.4, 0.5) is 17.6 Å². The average Bonchev–Trinajstić information content (AvgIpc) is 3.65. The third-order valence-electron chi connectivity index (χ3n) is 5.77. The number of nitrogens with one attached hydrogen (secondary N) is 2. The Kier molecular flexibility index (Phi) is 6.72. The van der Waals surface area contributed by atoms with Crippen LogP contribution in [0.1, 0.15) is 35.9 Å². The number of aromatic amines is 1. The van der Waals surface area contributed by atoms with Crippen LogP contribution in [0.5, 0.6) is 5.88 Å². The van der Waals surface area contributed by atoms with Crippen LogP contribution >= 0.6 is 0 Å². The first-order valence-corrected chi connectivity index (χ1v) is 11.5.